The van der Waals surface area contributed by atoms with Crippen LogP contribution in [0.3, 0.4) is 0 Å². The van der Waals surface area contributed by atoms with Crippen molar-refractivity contribution >= 4 is 12.4 Å². The van der Waals surface area contributed by atoms with Crippen LogP contribution in [0.4, 0.5) is 0 Å². The molecule has 4 heteroatoms. The lowest BCUT2D eigenvalue weighted by Gasteiger charge is -2.19. The summed E-state index contributed by atoms with van der Waals surface area (Å²) in [5.41, 5.74) is 6.80. The zero-order valence-corrected chi connectivity index (χ0v) is 9.13. The van der Waals surface area contributed by atoms with Crippen LogP contribution in [-0.2, 0) is 0 Å². The molecule has 1 heterocycles. The van der Waals surface area contributed by atoms with Crippen molar-refractivity contribution in [2.24, 2.45) is 5.73 Å². The van der Waals surface area contributed by atoms with E-state index in [9.17, 15) is 0 Å². The van der Waals surface area contributed by atoms with E-state index in [1.165, 1.54) is 0 Å². The van der Waals surface area contributed by atoms with Crippen LogP contribution in [0, 0.1) is 0 Å². The Morgan fingerprint density at radius 1 is 1.27 bits per heavy atom. The fourth-order valence-electron chi connectivity index (χ4n) is 1.40. The van der Waals surface area contributed by atoms with Gasteiger partial charge in [0.15, 0.2) is 11.5 Å². The van der Waals surface area contributed by atoms with Gasteiger partial charge in [-0.25, -0.2) is 0 Å². The Morgan fingerprint density at radius 2 is 1.93 bits per heavy atom. The molecule has 2 N–H and O–H groups in total. The van der Waals surface area contributed by atoms with E-state index in [4.69, 9.17) is 15.2 Å². The van der Waals surface area contributed by atoms with Crippen molar-refractivity contribution < 1.29 is 9.47 Å². The molecule has 3 nitrogen and oxygen atoms in total. The second kappa shape index (κ2) is 5.05. The topological polar surface area (TPSA) is 44.5 Å². The molecule has 0 saturated carbocycles. The first-order valence-electron chi connectivity index (χ1n) is 4.59. The van der Waals surface area contributed by atoms with Crippen LogP contribution < -0.4 is 15.2 Å². The summed E-state index contributed by atoms with van der Waals surface area (Å²) < 4.78 is 10.8. The molecule has 2 rings (SSSR count). The number of ether oxygens (including phenoxy) is 2. The van der Waals surface area contributed by atoms with Crippen molar-refractivity contribution in [1.29, 1.82) is 0 Å². The molecule has 0 saturated heterocycles. The average Bonchev–Trinajstić information content (AvgIpc) is 2.27. The summed E-state index contributed by atoms with van der Waals surface area (Å²) in [5.74, 6) is 1.56. The van der Waals surface area contributed by atoms with Gasteiger partial charge in [-0.3, -0.25) is 0 Å². The molecule has 1 atom stereocenters. The minimum absolute atomic E-state index is 0. The lowest BCUT2D eigenvalue weighted by atomic mass is 10.1. The highest BCUT2D eigenvalue weighted by Crippen LogP contribution is 2.32. The molecule has 0 radical (unpaired) electrons. The summed E-state index contributed by atoms with van der Waals surface area (Å²) in [5, 5.41) is 0. The highest BCUT2D eigenvalue weighted by molar-refractivity contribution is 5.85. The first-order chi connectivity index (χ1) is 6.81. The highest BCUT2D eigenvalue weighted by atomic mass is 35.5. The van der Waals surface area contributed by atoms with E-state index in [1.54, 1.807) is 6.08 Å². The van der Waals surface area contributed by atoms with E-state index in [0.29, 0.717) is 13.2 Å². The monoisotopic (exact) mass is 227 g/mol. The van der Waals surface area contributed by atoms with Gasteiger partial charge in [0, 0.05) is 6.04 Å². The molecular formula is C11H14ClNO2. The van der Waals surface area contributed by atoms with Crippen LogP contribution in [0.2, 0.25) is 0 Å². The summed E-state index contributed by atoms with van der Waals surface area (Å²) in [7, 11) is 0. The zero-order chi connectivity index (χ0) is 9.97. The molecule has 0 bridgehead atoms. The van der Waals surface area contributed by atoms with E-state index < -0.39 is 0 Å². The van der Waals surface area contributed by atoms with E-state index in [0.717, 1.165) is 17.1 Å². The normalized spacial score (nSPS) is 15.0. The van der Waals surface area contributed by atoms with Gasteiger partial charge in [0.2, 0.25) is 0 Å². The molecule has 1 aliphatic heterocycles. The fraction of sp³-hybridized carbons (Fsp3) is 0.273. The van der Waals surface area contributed by atoms with Gasteiger partial charge in [-0.1, -0.05) is 12.1 Å². The molecular weight excluding hydrogens is 214 g/mol. The summed E-state index contributed by atoms with van der Waals surface area (Å²) >= 11 is 0. The Kier molecular flexibility index (Phi) is 4.00. The van der Waals surface area contributed by atoms with Crippen molar-refractivity contribution in [3.63, 3.8) is 0 Å². The molecule has 1 aromatic carbocycles. The largest absolute Gasteiger partial charge is 0.486 e. The lowest BCUT2D eigenvalue weighted by Crippen LogP contribution is -2.16. The number of rotatable bonds is 2. The predicted molar refractivity (Wildman–Crippen MR) is 61.8 cm³/mol. The summed E-state index contributed by atoms with van der Waals surface area (Å²) in [6, 6.07) is 5.57. The minimum atomic E-state index is -0.147. The van der Waals surface area contributed by atoms with E-state index >= 15 is 0 Å². The molecule has 82 valence electrons. The quantitative estimate of drug-likeness (QED) is 0.787. The van der Waals surface area contributed by atoms with Gasteiger partial charge in [0.1, 0.15) is 13.2 Å². The Morgan fingerprint density at radius 3 is 2.60 bits per heavy atom. The Labute approximate surface area is 95.3 Å². The van der Waals surface area contributed by atoms with Crippen molar-refractivity contribution in [2.75, 3.05) is 13.2 Å². The van der Waals surface area contributed by atoms with Crippen LogP contribution >= 0.6 is 12.4 Å². The van der Waals surface area contributed by atoms with Crippen LogP contribution in [0.15, 0.2) is 30.9 Å². The predicted octanol–water partition coefficient (Wildman–Crippen LogP) is 2.07. The molecule has 0 fully saturated rings. The number of fused-ring (bicyclic) bond motifs is 1. The van der Waals surface area contributed by atoms with Gasteiger partial charge in [0.25, 0.3) is 0 Å². The molecule has 0 amide bonds. The summed E-state index contributed by atoms with van der Waals surface area (Å²) in [6.45, 7) is 4.86. The summed E-state index contributed by atoms with van der Waals surface area (Å²) in [6.07, 6.45) is 1.70. The van der Waals surface area contributed by atoms with Crippen LogP contribution in [0.25, 0.3) is 0 Å². The maximum Gasteiger partial charge on any atom is 0.161 e. The second-order valence-electron chi connectivity index (χ2n) is 3.16. The molecule has 0 aromatic heterocycles. The third-order valence-corrected chi connectivity index (χ3v) is 2.21. The SMILES string of the molecule is C=C[C@H](N)c1ccc2c(c1)OCCO2.Cl. The maximum absolute atomic E-state index is 5.81. The standard InChI is InChI=1S/C11H13NO2.ClH/c1-2-9(12)8-3-4-10-11(7-8)14-6-5-13-10;/h2-4,7,9H,1,5-6,12H2;1H/t9-;/m0./s1. The zero-order valence-electron chi connectivity index (χ0n) is 8.31. The average molecular weight is 228 g/mol. The van der Waals surface area contributed by atoms with Gasteiger partial charge < -0.3 is 15.2 Å². The molecule has 1 aliphatic rings. The van der Waals surface area contributed by atoms with Gasteiger partial charge >= 0.3 is 0 Å². The maximum atomic E-state index is 5.81. The highest BCUT2D eigenvalue weighted by Gasteiger charge is 2.12. The van der Waals surface area contributed by atoms with Gasteiger partial charge in [0.05, 0.1) is 0 Å². The van der Waals surface area contributed by atoms with E-state index in [1.807, 2.05) is 18.2 Å². The first-order valence-corrected chi connectivity index (χ1v) is 4.59. The van der Waals surface area contributed by atoms with Gasteiger partial charge in [-0.15, -0.1) is 19.0 Å². The van der Waals surface area contributed by atoms with E-state index in [-0.39, 0.29) is 18.4 Å². The Hall–Kier alpha value is -1.19. The number of benzene rings is 1. The summed E-state index contributed by atoms with van der Waals surface area (Å²) in [4.78, 5) is 0. The first kappa shape index (κ1) is 11.9. The van der Waals surface area contributed by atoms with Gasteiger partial charge in [-0.2, -0.15) is 0 Å². The van der Waals surface area contributed by atoms with Crippen molar-refractivity contribution in [1.82, 2.24) is 0 Å². The lowest BCUT2D eigenvalue weighted by molar-refractivity contribution is 0.171. The van der Waals surface area contributed by atoms with Crippen molar-refractivity contribution in [3.8, 4) is 11.5 Å². The fourth-order valence-corrected chi connectivity index (χ4v) is 1.40. The van der Waals surface area contributed by atoms with Crippen LogP contribution in [0.5, 0.6) is 11.5 Å². The molecule has 1 aromatic rings. The van der Waals surface area contributed by atoms with Gasteiger partial charge in [-0.05, 0) is 17.7 Å². The second-order valence-corrected chi connectivity index (χ2v) is 3.16. The number of nitrogens with two attached hydrogens (primary N) is 1. The van der Waals surface area contributed by atoms with Crippen LogP contribution in [0.1, 0.15) is 11.6 Å². The third-order valence-electron chi connectivity index (χ3n) is 2.21. The Balaban J connectivity index is 0.00000112. The molecule has 15 heavy (non-hydrogen) atoms. The smallest absolute Gasteiger partial charge is 0.161 e. The minimum Gasteiger partial charge on any atom is -0.486 e. The number of hydrogen-bond donors (Lipinski definition) is 1. The van der Waals surface area contributed by atoms with Crippen LogP contribution in [-0.4, -0.2) is 13.2 Å². The molecule has 0 spiro atoms. The van der Waals surface area contributed by atoms with Crippen molar-refractivity contribution in [2.45, 2.75) is 6.04 Å². The molecule has 0 aliphatic carbocycles. The third kappa shape index (κ3) is 2.43. The van der Waals surface area contributed by atoms with Crippen molar-refractivity contribution in [3.05, 3.63) is 36.4 Å². The number of halogens is 1. The number of hydrogen-bond acceptors (Lipinski definition) is 3. The molecule has 0 unspecified atom stereocenters. The van der Waals surface area contributed by atoms with E-state index in [2.05, 4.69) is 6.58 Å². The Bertz CT molecular complexity index is 354.